The number of nitrogens with zero attached hydrogens (tertiary/aromatic N) is 2. The quantitative estimate of drug-likeness (QED) is 0.849. The summed E-state index contributed by atoms with van der Waals surface area (Å²) in [6.07, 6.45) is 4.10. The molecule has 4 rings (SSSR count). The number of hydrogen-bond donors (Lipinski definition) is 0. The molecule has 0 unspecified atom stereocenters. The Morgan fingerprint density at radius 1 is 1.33 bits per heavy atom. The van der Waals surface area contributed by atoms with Gasteiger partial charge in [0.2, 0.25) is 11.8 Å². The molecule has 2 aliphatic carbocycles. The molecule has 1 heterocycles. The van der Waals surface area contributed by atoms with Crippen molar-refractivity contribution in [2.24, 2.45) is 11.3 Å². The summed E-state index contributed by atoms with van der Waals surface area (Å²) >= 11 is 0. The van der Waals surface area contributed by atoms with Crippen molar-refractivity contribution in [2.75, 3.05) is 25.0 Å². The van der Waals surface area contributed by atoms with Gasteiger partial charge in [0.15, 0.2) is 0 Å². The molecule has 2 saturated carbocycles. The Bertz CT molecular complexity index is 619. The Morgan fingerprint density at radius 2 is 2.05 bits per heavy atom. The standard InChI is InChI=1S/C17H20N2O2/c1-18(16(21)17-9-13(17)10-17)11-15(20)19-8-4-6-12-5-2-3-7-14(12)19/h2-3,5,7,13H,4,6,8-11H2,1H3. The summed E-state index contributed by atoms with van der Waals surface area (Å²) in [6, 6.07) is 8.07. The fraction of sp³-hybridized carbons (Fsp3) is 0.529. The molecule has 2 fully saturated rings. The van der Waals surface area contributed by atoms with Crippen molar-refractivity contribution in [2.45, 2.75) is 25.7 Å². The third kappa shape index (κ3) is 1.96. The first-order valence-electron chi connectivity index (χ1n) is 7.76. The summed E-state index contributed by atoms with van der Waals surface area (Å²) in [7, 11) is 1.76. The van der Waals surface area contributed by atoms with Crippen LogP contribution in [0.2, 0.25) is 0 Å². The monoisotopic (exact) mass is 284 g/mol. The van der Waals surface area contributed by atoms with E-state index in [9.17, 15) is 9.59 Å². The van der Waals surface area contributed by atoms with E-state index >= 15 is 0 Å². The van der Waals surface area contributed by atoms with Crippen LogP contribution >= 0.6 is 0 Å². The molecule has 1 aliphatic heterocycles. The smallest absolute Gasteiger partial charge is 0.246 e. The average molecular weight is 284 g/mol. The highest BCUT2D eigenvalue weighted by Crippen LogP contribution is 2.75. The third-order valence-corrected chi connectivity index (χ3v) is 5.24. The second-order valence-electron chi connectivity index (χ2n) is 6.70. The first-order valence-corrected chi connectivity index (χ1v) is 7.76. The zero-order valence-electron chi connectivity index (χ0n) is 12.3. The number of aryl methyl sites for hydroxylation is 1. The molecule has 0 bridgehead atoms. The van der Waals surface area contributed by atoms with Gasteiger partial charge >= 0.3 is 0 Å². The highest BCUT2D eigenvalue weighted by Gasteiger charge is 2.75. The van der Waals surface area contributed by atoms with E-state index in [1.165, 1.54) is 5.56 Å². The van der Waals surface area contributed by atoms with Crippen molar-refractivity contribution in [3.8, 4) is 0 Å². The molecule has 0 spiro atoms. The number of anilines is 1. The van der Waals surface area contributed by atoms with Crippen molar-refractivity contribution < 1.29 is 9.59 Å². The molecule has 21 heavy (non-hydrogen) atoms. The van der Waals surface area contributed by atoms with Gasteiger partial charge in [0, 0.05) is 19.3 Å². The number of rotatable bonds is 3. The van der Waals surface area contributed by atoms with Crippen LogP contribution in [0.1, 0.15) is 24.8 Å². The minimum atomic E-state index is -0.0468. The third-order valence-electron chi connectivity index (χ3n) is 5.24. The van der Waals surface area contributed by atoms with Crippen molar-refractivity contribution in [1.82, 2.24) is 4.90 Å². The fourth-order valence-corrected chi connectivity index (χ4v) is 3.58. The van der Waals surface area contributed by atoms with E-state index in [0.717, 1.165) is 37.9 Å². The molecule has 2 amide bonds. The number of hydrogen-bond acceptors (Lipinski definition) is 2. The lowest BCUT2D eigenvalue weighted by atomic mass is 10.0. The molecule has 4 heteroatoms. The first-order chi connectivity index (χ1) is 10.1. The van der Waals surface area contributed by atoms with E-state index in [1.807, 2.05) is 23.1 Å². The summed E-state index contributed by atoms with van der Waals surface area (Å²) in [5.41, 5.74) is 2.20. The number of para-hydroxylation sites is 1. The van der Waals surface area contributed by atoms with E-state index in [4.69, 9.17) is 0 Å². The van der Waals surface area contributed by atoms with Gasteiger partial charge in [-0.25, -0.2) is 0 Å². The molecule has 110 valence electrons. The Balaban J connectivity index is 1.47. The van der Waals surface area contributed by atoms with Crippen molar-refractivity contribution in [3.63, 3.8) is 0 Å². The zero-order chi connectivity index (χ0) is 14.6. The van der Waals surface area contributed by atoms with Gasteiger partial charge in [0.05, 0.1) is 12.0 Å². The lowest BCUT2D eigenvalue weighted by molar-refractivity contribution is -0.136. The van der Waals surface area contributed by atoms with Gasteiger partial charge < -0.3 is 9.80 Å². The van der Waals surface area contributed by atoms with Gasteiger partial charge in [-0.05, 0) is 43.2 Å². The SMILES string of the molecule is CN(CC(=O)N1CCCc2ccccc21)C(=O)C12CC1C2. The molecule has 1 aromatic rings. The van der Waals surface area contributed by atoms with E-state index in [0.29, 0.717) is 5.92 Å². The highest BCUT2D eigenvalue weighted by atomic mass is 16.2. The van der Waals surface area contributed by atoms with Crippen LogP contribution in [-0.2, 0) is 16.0 Å². The number of carbonyl (C=O) groups excluding carboxylic acids is 2. The van der Waals surface area contributed by atoms with Crippen LogP contribution in [-0.4, -0.2) is 36.9 Å². The van der Waals surface area contributed by atoms with Crippen molar-refractivity contribution >= 4 is 17.5 Å². The van der Waals surface area contributed by atoms with Gasteiger partial charge in [-0.1, -0.05) is 18.2 Å². The normalized spacial score (nSPS) is 28.4. The van der Waals surface area contributed by atoms with E-state index < -0.39 is 0 Å². The van der Waals surface area contributed by atoms with Crippen molar-refractivity contribution in [3.05, 3.63) is 29.8 Å². The van der Waals surface area contributed by atoms with Crippen molar-refractivity contribution in [1.29, 1.82) is 0 Å². The van der Waals surface area contributed by atoms with Crippen LogP contribution < -0.4 is 4.90 Å². The lowest BCUT2D eigenvalue weighted by Gasteiger charge is -2.31. The maximum atomic E-state index is 12.6. The summed E-state index contributed by atoms with van der Waals surface area (Å²) < 4.78 is 0. The van der Waals surface area contributed by atoms with Crippen LogP contribution in [0.4, 0.5) is 5.69 Å². The summed E-state index contributed by atoms with van der Waals surface area (Å²) in [5.74, 6) is 0.830. The summed E-state index contributed by atoms with van der Waals surface area (Å²) in [5, 5.41) is 0. The number of benzene rings is 1. The van der Waals surface area contributed by atoms with Crippen LogP contribution in [0.5, 0.6) is 0 Å². The number of fused-ring (bicyclic) bond motifs is 2. The molecule has 0 atom stereocenters. The summed E-state index contributed by atoms with van der Waals surface area (Å²) in [4.78, 5) is 28.3. The van der Waals surface area contributed by atoms with E-state index in [2.05, 4.69) is 6.07 Å². The number of amides is 2. The minimum absolute atomic E-state index is 0.0345. The zero-order valence-corrected chi connectivity index (χ0v) is 12.3. The second-order valence-corrected chi connectivity index (χ2v) is 6.70. The predicted octanol–water partition coefficient (Wildman–Crippen LogP) is 1.83. The van der Waals surface area contributed by atoms with Gasteiger partial charge in [0.1, 0.15) is 0 Å². The Morgan fingerprint density at radius 3 is 2.76 bits per heavy atom. The topological polar surface area (TPSA) is 40.6 Å². The maximum Gasteiger partial charge on any atom is 0.246 e. The number of likely N-dealkylation sites (N-methyl/N-ethyl adjacent to an activating group) is 1. The van der Waals surface area contributed by atoms with Crippen LogP contribution in [0.3, 0.4) is 0 Å². The lowest BCUT2D eigenvalue weighted by Crippen LogP contribution is -2.44. The largest absolute Gasteiger partial charge is 0.336 e. The Kier molecular flexibility index (Phi) is 2.65. The highest BCUT2D eigenvalue weighted by molar-refractivity contribution is 5.99. The van der Waals surface area contributed by atoms with Gasteiger partial charge in [-0.3, -0.25) is 9.59 Å². The molecule has 0 radical (unpaired) electrons. The first kappa shape index (κ1) is 12.9. The Hall–Kier alpha value is -1.84. The van der Waals surface area contributed by atoms with Gasteiger partial charge in [-0.2, -0.15) is 0 Å². The molecular formula is C17H20N2O2. The van der Waals surface area contributed by atoms with Crippen LogP contribution in [0, 0.1) is 11.3 Å². The van der Waals surface area contributed by atoms with Gasteiger partial charge in [-0.15, -0.1) is 0 Å². The fourth-order valence-electron chi connectivity index (χ4n) is 3.58. The molecule has 1 aromatic carbocycles. The molecule has 0 N–H and O–H groups in total. The molecular weight excluding hydrogens is 264 g/mol. The predicted molar refractivity (Wildman–Crippen MR) is 79.9 cm³/mol. The molecule has 4 nitrogen and oxygen atoms in total. The van der Waals surface area contributed by atoms with E-state index in [-0.39, 0.29) is 23.8 Å². The molecule has 0 aromatic heterocycles. The van der Waals surface area contributed by atoms with Crippen LogP contribution in [0.25, 0.3) is 0 Å². The average Bonchev–Trinajstić information content (AvgIpc) is 3.35. The Labute approximate surface area is 124 Å². The maximum absolute atomic E-state index is 12.6. The summed E-state index contributed by atoms with van der Waals surface area (Å²) in [6.45, 7) is 0.952. The molecule has 3 aliphatic rings. The molecule has 0 saturated heterocycles. The van der Waals surface area contributed by atoms with E-state index in [1.54, 1.807) is 11.9 Å². The van der Waals surface area contributed by atoms with Gasteiger partial charge in [0.25, 0.3) is 0 Å². The minimum Gasteiger partial charge on any atom is -0.336 e. The second kappa shape index (κ2) is 4.33. The van der Waals surface area contributed by atoms with Crippen LogP contribution in [0.15, 0.2) is 24.3 Å². The number of carbonyl (C=O) groups is 2.